The molecule has 4 nitrogen and oxygen atoms in total. The van der Waals surface area contributed by atoms with Gasteiger partial charge in [-0.3, -0.25) is 0 Å². The molecule has 0 spiro atoms. The van der Waals surface area contributed by atoms with Gasteiger partial charge in [0, 0.05) is 12.9 Å². The Hall–Kier alpha value is -1.30. The lowest BCUT2D eigenvalue weighted by Gasteiger charge is -2.16. The molecule has 0 saturated heterocycles. The van der Waals surface area contributed by atoms with Gasteiger partial charge in [0.25, 0.3) is 0 Å². The molecule has 6 heteroatoms. The van der Waals surface area contributed by atoms with Gasteiger partial charge in [-0.2, -0.15) is 4.31 Å². The van der Waals surface area contributed by atoms with E-state index < -0.39 is 10.0 Å². The number of hydrogen-bond acceptors (Lipinski definition) is 3. The molecule has 0 aliphatic heterocycles. The summed E-state index contributed by atoms with van der Waals surface area (Å²) in [5.41, 5.74) is 1.02. The van der Waals surface area contributed by atoms with Gasteiger partial charge in [-0.1, -0.05) is 12.1 Å². The summed E-state index contributed by atoms with van der Waals surface area (Å²) in [6.07, 6.45) is 0.726. The predicted octanol–water partition coefficient (Wildman–Crippen LogP) is 3.19. The number of furan rings is 1. The maximum atomic E-state index is 12.5. The zero-order valence-corrected chi connectivity index (χ0v) is 13.6. The maximum Gasteiger partial charge on any atom is 0.243 e. The molecule has 0 aliphatic rings. The minimum Gasteiger partial charge on any atom is -0.465 e. The van der Waals surface area contributed by atoms with E-state index in [1.807, 2.05) is 13.0 Å². The van der Waals surface area contributed by atoms with Gasteiger partial charge in [-0.15, -0.1) is 11.6 Å². The van der Waals surface area contributed by atoms with Crippen molar-refractivity contribution in [3.63, 3.8) is 0 Å². The Morgan fingerprint density at radius 2 is 1.81 bits per heavy atom. The quantitative estimate of drug-likeness (QED) is 0.766. The van der Waals surface area contributed by atoms with Crippen LogP contribution in [0.15, 0.2) is 45.7 Å². The number of rotatable bonds is 6. The monoisotopic (exact) mass is 327 g/mol. The van der Waals surface area contributed by atoms with E-state index in [-0.39, 0.29) is 11.4 Å². The highest BCUT2D eigenvalue weighted by atomic mass is 35.5. The molecule has 2 aromatic rings. The summed E-state index contributed by atoms with van der Waals surface area (Å²) in [6.45, 7) is 2.03. The zero-order valence-electron chi connectivity index (χ0n) is 12.0. The van der Waals surface area contributed by atoms with Crippen molar-refractivity contribution < 1.29 is 12.8 Å². The summed E-state index contributed by atoms with van der Waals surface area (Å²) < 4.78 is 31.6. The van der Waals surface area contributed by atoms with Crippen LogP contribution in [0.5, 0.6) is 0 Å². The number of hydrogen-bond donors (Lipinski definition) is 0. The largest absolute Gasteiger partial charge is 0.465 e. The van der Waals surface area contributed by atoms with E-state index in [4.69, 9.17) is 16.0 Å². The summed E-state index contributed by atoms with van der Waals surface area (Å²) in [5, 5.41) is 0. The Bertz CT molecular complexity index is 692. The molecule has 0 radical (unpaired) electrons. The summed E-state index contributed by atoms with van der Waals surface area (Å²) in [6, 6.07) is 10.4. The van der Waals surface area contributed by atoms with Crippen LogP contribution in [0.25, 0.3) is 0 Å². The summed E-state index contributed by atoms with van der Waals surface area (Å²) in [5.74, 6) is 1.91. The third-order valence-corrected chi connectivity index (χ3v) is 5.20. The van der Waals surface area contributed by atoms with Crippen LogP contribution in [0.2, 0.25) is 0 Å². The molecule has 1 aromatic heterocycles. The van der Waals surface area contributed by atoms with Crippen LogP contribution in [0.3, 0.4) is 0 Å². The number of benzene rings is 1. The van der Waals surface area contributed by atoms with Crippen molar-refractivity contribution in [2.45, 2.75) is 24.8 Å². The van der Waals surface area contributed by atoms with Crippen LogP contribution >= 0.6 is 11.6 Å². The summed E-state index contributed by atoms with van der Waals surface area (Å²) in [4.78, 5) is 0.270. The molecular weight excluding hydrogens is 310 g/mol. The van der Waals surface area contributed by atoms with Gasteiger partial charge in [0.1, 0.15) is 11.5 Å². The first kappa shape index (κ1) is 16.1. The second-order valence-electron chi connectivity index (χ2n) is 4.86. The minimum absolute atomic E-state index is 0.208. The number of halogens is 1. The standard InChI is InChI=1S/C15H18ClNO3S/c1-12-3-6-14(20-12)11-17(2)21(18,19)15-7-4-13(5-8-15)9-10-16/h3-8H,9-11H2,1-2H3. The van der Waals surface area contributed by atoms with Crippen molar-refractivity contribution in [2.24, 2.45) is 0 Å². The molecule has 0 atom stereocenters. The smallest absolute Gasteiger partial charge is 0.243 e. The molecule has 1 heterocycles. The minimum atomic E-state index is -3.52. The highest BCUT2D eigenvalue weighted by Crippen LogP contribution is 2.18. The molecule has 0 amide bonds. The molecule has 0 unspecified atom stereocenters. The van der Waals surface area contributed by atoms with E-state index in [0.717, 1.165) is 17.7 Å². The summed E-state index contributed by atoms with van der Waals surface area (Å²) in [7, 11) is -1.98. The van der Waals surface area contributed by atoms with Gasteiger partial charge < -0.3 is 4.42 Å². The van der Waals surface area contributed by atoms with Gasteiger partial charge in [0.15, 0.2) is 0 Å². The first-order chi connectivity index (χ1) is 9.93. The van der Waals surface area contributed by atoms with Crippen LogP contribution in [-0.4, -0.2) is 25.7 Å². The Morgan fingerprint density at radius 1 is 1.14 bits per heavy atom. The normalized spacial score (nSPS) is 12.0. The molecule has 0 saturated carbocycles. The van der Waals surface area contributed by atoms with E-state index in [2.05, 4.69) is 0 Å². The second kappa shape index (κ2) is 6.64. The lowest BCUT2D eigenvalue weighted by atomic mass is 10.2. The number of sulfonamides is 1. The van der Waals surface area contributed by atoms with Gasteiger partial charge in [0.05, 0.1) is 11.4 Å². The van der Waals surface area contributed by atoms with Gasteiger partial charge in [0.2, 0.25) is 10.0 Å². The fraction of sp³-hybridized carbons (Fsp3) is 0.333. The van der Waals surface area contributed by atoms with Crippen molar-refractivity contribution in [2.75, 3.05) is 12.9 Å². The van der Waals surface area contributed by atoms with Crippen LogP contribution < -0.4 is 0 Å². The lowest BCUT2D eigenvalue weighted by molar-refractivity contribution is 0.397. The molecule has 0 fully saturated rings. The van der Waals surface area contributed by atoms with Crippen LogP contribution in [0, 0.1) is 6.92 Å². The Kier molecular flexibility index (Phi) is 5.08. The summed E-state index contributed by atoms with van der Waals surface area (Å²) >= 11 is 5.67. The molecule has 114 valence electrons. The van der Waals surface area contributed by atoms with E-state index in [1.165, 1.54) is 4.31 Å². The molecular formula is C15H18ClNO3S. The van der Waals surface area contributed by atoms with Crippen LogP contribution in [-0.2, 0) is 23.0 Å². The van der Waals surface area contributed by atoms with Gasteiger partial charge in [-0.05, 0) is 43.2 Å². The van der Waals surface area contributed by atoms with Crippen molar-refractivity contribution in [3.05, 3.63) is 53.5 Å². The number of alkyl halides is 1. The second-order valence-corrected chi connectivity index (χ2v) is 7.28. The van der Waals surface area contributed by atoms with Crippen molar-refractivity contribution >= 4 is 21.6 Å². The van der Waals surface area contributed by atoms with Gasteiger partial charge in [-0.25, -0.2) is 8.42 Å². The Morgan fingerprint density at radius 3 is 2.33 bits per heavy atom. The fourth-order valence-electron chi connectivity index (χ4n) is 1.99. The van der Waals surface area contributed by atoms with Crippen molar-refractivity contribution in [1.29, 1.82) is 0 Å². The molecule has 2 rings (SSSR count). The number of nitrogens with zero attached hydrogens (tertiary/aromatic N) is 1. The number of aryl methyl sites for hydroxylation is 2. The third kappa shape index (κ3) is 3.87. The zero-order chi connectivity index (χ0) is 15.5. The Labute approximate surface area is 130 Å². The SMILES string of the molecule is Cc1ccc(CN(C)S(=O)(=O)c2ccc(CCCl)cc2)o1. The van der Waals surface area contributed by atoms with E-state index in [0.29, 0.717) is 11.6 Å². The topological polar surface area (TPSA) is 50.5 Å². The Balaban J connectivity index is 2.16. The molecule has 0 bridgehead atoms. The average molecular weight is 328 g/mol. The molecule has 1 aromatic carbocycles. The predicted molar refractivity (Wildman–Crippen MR) is 83.0 cm³/mol. The third-order valence-electron chi connectivity index (χ3n) is 3.19. The molecule has 0 aliphatic carbocycles. The first-order valence-electron chi connectivity index (χ1n) is 6.60. The highest BCUT2D eigenvalue weighted by Gasteiger charge is 2.21. The maximum absolute atomic E-state index is 12.5. The van der Waals surface area contributed by atoms with E-state index in [9.17, 15) is 8.42 Å². The first-order valence-corrected chi connectivity index (χ1v) is 8.57. The van der Waals surface area contributed by atoms with E-state index in [1.54, 1.807) is 37.4 Å². The van der Waals surface area contributed by atoms with Gasteiger partial charge >= 0.3 is 0 Å². The lowest BCUT2D eigenvalue weighted by Crippen LogP contribution is -2.26. The highest BCUT2D eigenvalue weighted by molar-refractivity contribution is 7.89. The molecule has 21 heavy (non-hydrogen) atoms. The average Bonchev–Trinajstić information content (AvgIpc) is 2.85. The van der Waals surface area contributed by atoms with Crippen molar-refractivity contribution in [3.8, 4) is 0 Å². The van der Waals surface area contributed by atoms with Crippen LogP contribution in [0.4, 0.5) is 0 Å². The molecule has 0 N–H and O–H groups in total. The van der Waals surface area contributed by atoms with Crippen molar-refractivity contribution in [1.82, 2.24) is 4.31 Å². The van der Waals surface area contributed by atoms with E-state index >= 15 is 0 Å². The van der Waals surface area contributed by atoms with Crippen LogP contribution in [0.1, 0.15) is 17.1 Å². The fourth-order valence-corrected chi connectivity index (χ4v) is 3.35.